The van der Waals surface area contributed by atoms with Gasteiger partial charge in [-0.2, -0.15) is 0 Å². The Morgan fingerprint density at radius 1 is 1.14 bits per heavy atom. The number of benzene rings is 1. The molecular formula is C12H17ClO. The van der Waals surface area contributed by atoms with E-state index in [9.17, 15) is 0 Å². The Balaban J connectivity index is 2.90. The van der Waals surface area contributed by atoms with Crippen molar-refractivity contribution in [3.8, 4) is 5.75 Å². The summed E-state index contributed by atoms with van der Waals surface area (Å²) in [5.74, 6) is 1.27. The molecule has 0 spiro atoms. The summed E-state index contributed by atoms with van der Waals surface area (Å²) in [5, 5.41) is 0.699. The molecule has 1 rings (SSSR count). The van der Waals surface area contributed by atoms with Crippen LogP contribution < -0.4 is 4.74 Å². The van der Waals surface area contributed by atoms with Crippen molar-refractivity contribution in [1.29, 1.82) is 0 Å². The summed E-state index contributed by atoms with van der Waals surface area (Å²) in [5.41, 5.74) is 1.24. The zero-order valence-electron chi connectivity index (χ0n) is 9.17. The molecule has 0 unspecified atom stereocenters. The van der Waals surface area contributed by atoms with E-state index in [0.717, 1.165) is 5.75 Å². The van der Waals surface area contributed by atoms with Gasteiger partial charge >= 0.3 is 0 Å². The van der Waals surface area contributed by atoms with E-state index in [-0.39, 0.29) is 6.10 Å². The van der Waals surface area contributed by atoms with E-state index in [1.54, 1.807) is 0 Å². The second-order valence-electron chi connectivity index (χ2n) is 4.01. The second kappa shape index (κ2) is 4.70. The van der Waals surface area contributed by atoms with Crippen molar-refractivity contribution >= 4 is 11.6 Å². The molecule has 0 aromatic heterocycles. The summed E-state index contributed by atoms with van der Waals surface area (Å²) in [4.78, 5) is 0. The first-order valence-electron chi connectivity index (χ1n) is 4.96. The third kappa shape index (κ3) is 2.91. The lowest BCUT2D eigenvalue weighted by atomic mass is 10.0. The predicted molar refractivity (Wildman–Crippen MR) is 61.3 cm³/mol. The van der Waals surface area contributed by atoms with Gasteiger partial charge in [0.1, 0.15) is 5.75 Å². The van der Waals surface area contributed by atoms with Crippen molar-refractivity contribution in [2.75, 3.05) is 0 Å². The fraction of sp³-hybridized carbons (Fsp3) is 0.500. The summed E-state index contributed by atoms with van der Waals surface area (Å²) in [6, 6.07) is 5.98. The van der Waals surface area contributed by atoms with Crippen LogP contribution in [0.15, 0.2) is 18.2 Å². The highest BCUT2D eigenvalue weighted by Crippen LogP contribution is 2.28. The second-order valence-corrected chi connectivity index (χ2v) is 4.42. The van der Waals surface area contributed by atoms with E-state index >= 15 is 0 Å². The topological polar surface area (TPSA) is 9.23 Å². The van der Waals surface area contributed by atoms with Crippen LogP contribution in [-0.2, 0) is 0 Å². The highest BCUT2D eigenvalue weighted by molar-refractivity contribution is 6.32. The van der Waals surface area contributed by atoms with E-state index in [1.165, 1.54) is 5.56 Å². The van der Waals surface area contributed by atoms with Gasteiger partial charge in [-0.1, -0.05) is 31.5 Å². The van der Waals surface area contributed by atoms with Crippen molar-refractivity contribution in [3.63, 3.8) is 0 Å². The monoisotopic (exact) mass is 212 g/mol. The SMILES string of the molecule is CC(C)Oc1ccc(C(C)C)cc1Cl. The van der Waals surface area contributed by atoms with Crippen molar-refractivity contribution in [2.45, 2.75) is 39.7 Å². The summed E-state index contributed by atoms with van der Waals surface area (Å²) in [7, 11) is 0. The van der Waals surface area contributed by atoms with Gasteiger partial charge in [0, 0.05) is 0 Å². The minimum atomic E-state index is 0.164. The van der Waals surface area contributed by atoms with Gasteiger partial charge in [0.2, 0.25) is 0 Å². The molecule has 14 heavy (non-hydrogen) atoms. The Bertz CT molecular complexity index is 305. The standard InChI is InChI=1S/C12H17ClO/c1-8(2)10-5-6-12(11(13)7-10)14-9(3)4/h5-9H,1-4H3. The molecule has 1 aromatic carbocycles. The van der Waals surface area contributed by atoms with Crippen LogP contribution in [-0.4, -0.2) is 6.10 Å². The molecule has 0 fully saturated rings. The van der Waals surface area contributed by atoms with Crippen LogP contribution in [0, 0.1) is 0 Å². The molecule has 0 aliphatic carbocycles. The first kappa shape index (κ1) is 11.4. The van der Waals surface area contributed by atoms with Gasteiger partial charge in [-0.05, 0) is 37.5 Å². The predicted octanol–water partition coefficient (Wildman–Crippen LogP) is 4.25. The van der Waals surface area contributed by atoms with E-state index in [2.05, 4.69) is 19.9 Å². The summed E-state index contributed by atoms with van der Waals surface area (Å²) in [6.07, 6.45) is 0.164. The Morgan fingerprint density at radius 2 is 1.79 bits per heavy atom. The maximum Gasteiger partial charge on any atom is 0.138 e. The van der Waals surface area contributed by atoms with Gasteiger partial charge < -0.3 is 4.74 Å². The minimum absolute atomic E-state index is 0.164. The van der Waals surface area contributed by atoms with Crippen LogP contribution in [0.1, 0.15) is 39.2 Å². The fourth-order valence-corrected chi connectivity index (χ4v) is 1.46. The van der Waals surface area contributed by atoms with E-state index < -0.39 is 0 Å². The molecule has 0 N–H and O–H groups in total. The van der Waals surface area contributed by atoms with Crippen LogP contribution in [0.3, 0.4) is 0 Å². The molecule has 0 bridgehead atoms. The average molecular weight is 213 g/mol. The Morgan fingerprint density at radius 3 is 2.21 bits per heavy atom. The van der Waals surface area contributed by atoms with Crippen molar-refractivity contribution in [1.82, 2.24) is 0 Å². The Kier molecular flexibility index (Phi) is 3.82. The van der Waals surface area contributed by atoms with E-state index in [4.69, 9.17) is 16.3 Å². The van der Waals surface area contributed by atoms with Gasteiger partial charge in [0.15, 0.2) is 0 Å². The Hall–Kier alpha value is -0.690. The first-order valence-corrected chi connectivity index (χ1v) is 5.34. The van der Waals surface area contributed by atoms with E-state index in [0.29, 0.717) is 10.9 Å². The van der Waals surface area contributed by atoms with Gasteiger partial charge in [-0.15, -0.1) is 0 Å². The lowest BCUT2D eigenvalue weighted by Crippen LogP contribution is -2.06. The van der Waals surface area contributed by atoms with E-state index in [1.807, 2.05) is 26.0 Å². The van der Waals surface area contributed by atoms with Crippen LogP contribution in [0.4, 0.5) is 0 Å². The number of hydrogen-bond acceptors (Lipinski definition) is 1. The maximum atomic E-state index is 6.09. The molecule has 0 amide bonds. The normalized spacial score (nSPS) is 11.1. The van der Waals surface area contributed by atoms with Gasteiger partial charge in [-0.25, -0.2) is 0 Å². The molecule has 0 saturated heterocycles. The quantitative estimate of drug-likeness (QED) is 0.728. The Labute approximate surface area is 91.0 Å². The molecule has 0 radical (unpaired) electrons. The molecular weight excluding hydrogens is 196 g/mol. The molecule has 0 aliphatic rings. The van der Waals surface area contributed by atoms with Gasteiger partial charge in [0.05, 0.1) is 11.1 Å². The third-order valence-electron chi connectivity index (χ3n) is 1.99. The zero-order valence-corrected chi connectivity index (χ0v) is 9.93. The molecule has 2 heteroatoms. The first-order chi connectivity index (χ1) is 6.50. The average Bonchev–Trinajstić information content (AvgIpc) is 2.07. The lowest BCUT2D eigenvalue weighted by Gasteiger charge is -2.13. The molecule has 0 atom stereocenters. The maximum absolute atomic E-state index is 6.09. The van der Waals surface area contributed by atoms with Gasteiger partial charge in [-0.3, -0.25) is 0 Å². The van der Waals surface area contributed by atoms with Crippen LogP contribution in [0.25, 0.3) is 0 Å². The highest BCUT2D eigenvalue weighted by Gasteiger charge is 2.06. The molecule has 1 aromatic rings. The summed E-state index contributed by atoms with van der Waals surface area (Å²) < 4.78 is 5.55. The third-order valence-corrected chi connectivity index (χ3v) is 2.28. The number of ether oxygens (including phenoxy) is 1. The molecule has 78 valence electrons. The fourth-order valence-electron chi connectivity index (χ4n) is 1.23. The highest BCUT2D eigenvalue weighted by atomic mass is 35.5. The summed E-state index contributed by atoms with van der Waals surface area (Å²) >= 11 is 6.09. The summed E-state index contributed by atoms with van der Waals surface area (Å²) in [6.45, 7) is 8.28. The zero-order chi connectivity index (χ0) is 10.7. The smallest absolute Gasteiger partial charge is 0.138 e. The number of halogens is 1. The minimum Gasteiger partial charge on any atom is -0.489 e. The molecule has 0 aliphatic heterocycles. The van der Waals surface area contributed by atoms with Crippen LogP contribution >= 0.6 is 11.6 Å². The molecule has 0 heterocycles. The van der Waals surface area contributed by atoms with Crippen LogP contribution in [0.5, 0.6) is 5.75 Å². The molecule has 1 nitrogen and oxygen atoms in total. The molecule has 0 saturated carbocycles. The van der Waals surface area contributed by atoms with Crippen molar-refractivity contribution < 1.29 is 4.74 Å². The van der Waals surface area contributed by atoms with Gasteiger partial charge in [0.25, 0.3) is 0 Å². The number of hydrogen-bond donors (Lipinski definition) is 0. The largest absolute Gasteiger partial charge is 0.489 e. The van der Waals surface area contributed by atoms with Crippen LogP contribution in [0.2, 0.25) is 5.02 Å². The lowest BCUT2D eigenvalue weighted by molar-refractivity contribution is 0.242. The van der Waals surface area contributed by atoms with Crippen molar-refractivity contribution in [2.24, 2.45) is 0 Å². The number of rotatable bonds is 3. The van der Waals surface area contributed by atoms with Crippen molar-refractivity contribution in [3.05, 3.63) is 28.8 Å².